The Balaban J connectivity index is 2.04. The van der Waals surface area contributed by atoms with Crippen molar-refractivity contribution in [2.24, 2.45) is 17.6 Å². The fourth-order valence-corrected chi connectivity index (χ4v) is 5.44. The SMILES string of the molecule is Cc1cc(C)c(S(=O)(=O)N2CCC(C(=O)NCC(C)CN)CC2)c(C)c1. The lowest BCUT2D eigenvalue weighted by Gasteiger charge is -2.31. The lowest BCUT2D eigenvalue weighted by Crippen LogP contribution is -2.44. The van der Waals surface area contributed by atoms with Gasteiger partial charge in [-0.2, -0.15) is 4.31 Å². The molecule has 0 aromatic heterocycles. The molecule has 3 N–H and O–H groups in total. The molecular formula is C19H31N3O3S. The zero-order valence-electron chi connectivity index (χ0n) is 16.2. The minimum Gasteiger partial charge on any atom is -0.356 e. The van der Waals surface area contributed by atoms with Gasteiger partial charge in [0.2, 0.25) is 15.9 Å². The van der Waals surface area contributed by atoms with Crippen LogP contribution in [0.4, 0.5) is 0 Å². The number of carbonyl (C=O) groups is 1. The molecule has 26 heavy (non-hydrogen) atoms. The Morgan fingerprint density at radius 3 is 2.27 bits per heavy atom. The van der Waals surface area contributed by atoms with E-state index in [9.17, 15) is 13.2 Å². The van der Waals surface area contributed by atoms with E-state index in [1.807, 2.05) is 39.8 Å². The summed E-state index contributed by atoms with van der Waals surface area (Å²) in [6.45, 7) is 9.48. The highest BCUT2D eigenvalue weighted by Gasteiger charge is 2.33. The van der Waals surface area contributed by atoms with E-state index in [2.05, 4.69) is 5.32 Å². The van der Waals surface area contributed by atoms with Gasteiger partial charge in [0.25, 0.3) is 0 Å². The summed E-state index contributed by atoms with van der Waals surface area (Å²) in [5.41, 5.74) is 8.18. The van der Waals surface area contributed by atoms with Crippen molar-refractivity contribution in [3.63, 3.8) is 0 Å². The second-order valence-electron chi connectivity index (χ2n) is 7.49. The number of aryl methyl sites for hydroxylation is 3. The Morgan fingerprint density at radius 1 is 1.23 bits per heavy atom. The number of nitrogens with zero attached hydrogens (tertiary/aromatic N) is 1. The topological polar surface area (TPSA) is 92.5 Å². The van der Waals surface area contributed by atoms with Crippen molar-refractivity contribution in [3.05, 3.63) is 28.8 Å². The van der Waals surface area contributed by atoms with Crippen LogP contribution in [0.1, 0.15) is 36.5 Å². The molecule has 1 heterocycles. The van der Waals surface area contributed by atoms with Crippen molar-refractivity contribution < 1.29 is 13.2 Å². The Labute approximate surface area is 157 Å². The van der Waals surface area contributed by atoms with E-state index in [0.717, 1.165) is 16.7 Å². The lowest BCUT2D eigenvalue weighted by atomic mass is 9.97. The number of carbonyl (C=O) groups excluding carboxylic acids is 1. The minimum atomic E-state index is -3.53. The fourth-order valence-electron chi connectivity index (χ4n) is 3.56. The number of nitrogens with two attached hydrogens (primary N) is 1. The third kappa shape index (κ3) is 4.64. The van der Waals surface area contributed by atoms with E-state index in [-0.39, 0.29) is 17.7 Å². The predicted octanol–water partition coefficient (Wildman–Crippen LogP) is 1.72. The summed E-state index contributed by atoms with van der Waals surface area (Å²) < 4.78 is 27.7. The van der Waals surface area contributed by atoms with E-state index >= 15 is 0 Å². The number of sulfonamides is 1. The van der Waals surface area contributed by atoms with Crippen LogP contribution in [0.5, 0.6) is 0 Å². The van der Waals surface area contributed by atoms with Gasteiger partial charge in [0.1, 0.15) is 0 Å². The van der Waals surface area contributed by atoms with Crippen LogP contribution in [0.15, 0.2) is 17.0 Å². The molecule has 0 saturated carbocycles. The number of hydrogen-bond acceptors (Lipinski definition) is 4. The smallest absolute Gasteiger partial charge is 0.243 e. The van der Waals surface area contributed by atoms with Crippen LogP contribution in [-0.2, 0) is 14.8 Å². The molecule has 1 aliphatic heterocycles. The molecule has 1 amide bonds. The van der Waals surface area contributed by atoms with Crippen LogP contribution >= 0.6 is 0 Å². The summed E-state index contributed by atoms with van der Waals surface area (Å²) in [7, 11) is -3.53. The van der Waals surface area contributed by atoms with E-state index in [4.69, 9.17) is 5.73 Å². The maximum Gasteiger partial charge on any atom is 0.243 e. The minimum absolute atomic E-state index is 0.00467. The van der Waals surface area contributed by atoms with Crippen LogP contribution in [-0.4, -0.2) is 44.8 Å². The highest BCUT2D eigenvalue weighted by molar-refractivity contribution is 7.89. The molecule has 0 bridgehead atoms. The summed E-state index contributed by atoms with van der Waals surface area (Å²) in [4.78, 5) is 12.7. The van der Waals surface area contributed by atoms with Crippen LogP contribution in [0.2, 0.25) is 0 Å². The highest BCUT2D eigenvalue weighted by atomic mass is 32.2. The molecule has 1 fully saturated rings. The molecule has 1 aromatic carbocycles. The standard InChI is InChI=1S/C19H31N3O3S/c1-13-9-15(3)18(16(4)10-13)26(24,25)22-7-5-17(6-8-22)19(23)21-12-14(2)11-20/h9-10,14,17H,5-8,11-12,20H2,1-4H3,(H,21,23). The summed E-state index contributed by atoms with van der Waals surface area (Å²) in [6, 6.07) is 3.80. The van der Waals surface area contributed by atoms with Crippen molar-refractivity contribution in [2.75, 3.05) is 26.2 Å². The van der Waals surface area contributed by atoms with Crippen LogP contribution < -0.4 is 11.1 Å². The number of hydrogen-bond donors (Lipinski definition) is 2. The van der Waals surface area contributed by atoms with Gasteiger partial charge in [0.15, 0.2) is 0 Å². The van der Waals surface area contributed by atoms with E-state index in [0.29, 0.717) is 43.9 Å². The molecule has 146 valence electrons. The summed E-state index contributed by atoms with van der Waals surface area (Å²) in [5.74, 6) is 0.114. The monoisotopic (exact) mass is 381 g/mol. The van der Waals surface area contributed by atoms with Crippen molar-refractivity contribution in [3.8, 4) is 0 Å². The van der Waals surface area contributed by atoms with Gasteiger partial charge < -0.3 is 11.1 Å². The number of nitrogens with one attached hydrogen (secondary N) is 1. The molecule has 2 rings (SSSR count). The van der Waals surface area contributed by atoms with Gasteiger partial charge >= 0.3 is 0 Å². The Bertz CT molecular complexity index is 730. The van der Waals surface area contributed by atoms with Crippen molar-refractivity contribution in [1.29, 1.82) is 0 Å². The largest absolute Gasteiger partial charge is 0.356 e. The maximum absolute atomic E-state index is 13.1. The van der Waals surface area contributed by atoms with Gasteiger partial charge in [-0.25, -0.2) is 8.42 Å². The van der Waals surface area contributed by atoms with Gasteiger partial charge in [0, 0.05) is 25.6 Å². The van der Waals surface area contributed by atoms with E-state index in [1.165, 1.54) is 4.31 Å². The maximum atomic E-state index is 13.1. The molecular weight excluding hydrogens is 350 g/mol. The average molecular weight is 382 g/mol. The summed E-state index contributed by atoms with van der Waals surface area (Å²) >= 11 is 0. The van der Waals surface area contributed by atoms with Crippen LogP contribution in [0, 0.1) is 32.6 Å². The van der Waals surface area contributed by atoms with Gasteiger partial charge in [-0.3, -0.25) is 4.79 Å². The first kappa shape index (κ1) is 20.9. The van der Waals surface area contributed by atoms with Crippen LogP contribution in [0.25, 0.3) is 0 Å². The first-order valence-electron chi connectivity index (χ1n) is 9.22. The quantitative estimate of drug-likeness (QED) is 0.785. The molecule has 0 aliphatic carbocycles. The van der Waals surface area contributed by atoms with Gasteiger partial charge in [-0.05, 0) is 57.2 Å². The molecule has 0 radical (unpaired) electrons. The average Bonchev–Trinajstić information content (AvgIpc) is 2.58. The predicted molar refractivity (Wildman–Crippen MR) is 103 cm³/mol. The highest BCUT2D eigenvalue weighted by Crippen LogP contribution is 2.28. The van der Waals surface area contributed by atoms with Gasteiger partial charge in [0.05, 0.1) is 4.90 Å². The van der Waals surface area contributed by atoms with Crippen molar-refractivity contribution >= 4 is 15.9 Å². The molecule has 1 atom stereocenters. The third-order valence-electron chi connectivity index (χ3n) is 5.05. The zero-order chi connectivity index (χ0) is 19.5. The van der Waals surface area contributed by atoms with Gasteiger partial charge in [-0.1, -0.05) is 24.6 Å². The second kappa shape index (κ2) is 8.50. The van der Waals surface area contributed by atoms with Crippen molar-refractivity contribution in [2.45, 2.75) is 45.4 Å². The summed E-state index contributed by atoms with van der Waals surface area (Å²) in [5, 5.41) is 2.93. The molecule has 7 heteroatoms. The first-order chi connectivity index (χ1) is 12.2. The molecule has 1 unspecified atom stereocenters. The van der Waals surface area contributed by atoms with Crippen LogP contribution in [0.3, 0.4) is 0 Å². The second-order valence-corrected chi connectivity index (χ2v) is 9.37. The Morgan fingerprint density at radius 2 is 1.77 bits per heavy atom. The number of piperidine rings is 1. The first-order valence-corrected chi connectivity index (χ1v) is 10.7. The summed E-state index contributed by atoms with van der Waals surface area (Å²) in [6.07, 6.45) is 1.10. The van der Waals surface area contributed by atoms with Crippen molar-refractivity contribution in [1.82, 2.24) is 9.62 Å². The molecule has 0 spiro atoms. The molecule has 1 aromatic rings. The normalized spacial score (nSPS) is 17.9. The van der Waals surface area contributed by atoms with Gasteiger partial charge in [-0.15, -0.1) is 0 Å². The zero-order valence-corrected chi connectivity index (χ0v) is 17.0. The van der Waals surface area contributed by atoms with E-state index in [1.54, 1.807) is 0 Å². The third-order valence-corrected chi connectivity index (χ3v) is 7.26. The molecule has 6 nitrogen and oxygen atoms in total. The number of amides is 1. The fraction of sp³-hybridized carbons (Fsp3) is 0.632. The Kier molecular flexibility index (Phi) is 6.82. The van der Waals surface area contributed by atoms with E-state index < -0.39 is 10.0 Å². The molecule has 1 aliphatic rings. The Hall–Kier alpha value is -1.44. The number of benzene rings is 1. The number of rotatable bonds is 6. The lowest BCUT2D eigenvalue weighted by molar-refractivity contribution is -0.126. The molecule has 1 saturated heterocycles.